The van der Waals surface area contributed by atoms with Gasteiger partial charge in [0.05, 0.1) is 23.2 Å². The van der Waals surface area contributed by atoms with Crippen molar-refractivity contribution < 1.29 is 4.74 Å². The van der Waals surface area contributed by atoms with Crippen LogP contribution in [-0.2, 0) is 0 Å². The molecule has 2 nitrogen and oxygen atoms in total. The Balaban J connectivity index is 2.36. The van der Waals surface area contributed by atoms with Crippen LogP contribution in [0.1, 0.15) is 29.8 Å². The smallest absolute Gasteiger partial charge is 0.137 e. The van der Waals surface area contributed by atoms with Crippen molar-refractivity contribution in [1.29, 1.82) is 0 Å². The molecule has 1 aromatic carbocycles. The fraction of sp³-hybridized carbons (Fsp3) is 0.333. The average Bonchev–Trinajstić information content (AvgIpc) is 2.86. The van der Waals surface area contributed by atoms with Gasteiger partial charge < -0.3 is 10.1 Å². The Labute approximate surface area is 133 Å². The van der Waals surface area contributed by atoms with Crippen molar-refractivity contribution in [2.24, 2.45) is 0 Å². The molecule has 2 aromatic rings. The normalized spacial score (nSPS) is 12.4. The predicted octanol–water partition coefficient (Wildman–Crippen LogP) is 5.15. The first-order chi connectivity index (χ1) is 9.67. The summed E-state index contributed by atoms with van der Waals surface area (Å²) < 4.78 is 5.20. The van der Waals surface area contributed by atoms with Crippen LogP contribution in [0.4, 0.5) is 0 Å². The van der Waals surface area contributed by atoms with Gasteiger partial charge >= 0.3 is 0 Å². The minimum absolute atomic E-state index is 0.0610. The number of nitrogens with one attached hydrogen (secondary N) is 1. The largest absolute Gasteiger partial charge is 0.495 e. The molecular weight excluding hydrogens is 313 g/mol. The van der Waals surface area contributed by atoms with Crippen LogP contribution in [0.5, 0.6) is 5.75 Å². The molecule has 1 atom stereocenters. The molecule has 1 unspecified atom stereocenters. The van der Waals surface area contributed by atoms with Gasteiger partial charge in [0.1, 0.15) is 5.75 Å². The van der Waals surface area contributed by atoms with Gasteiger partial charge in [-0.25, -0.2) is 0 Å². The molecule has 0 saturated carbocycles. The van der Waals surface area contributed by atoms with E-state index in [1.807, 2.05) is 29.6 Å². The van der Waals surface area contributed by atoms with Crippen LogP contribution in [0.2, 0.25) is 10.0 Å². The van der Waals surface area contributed by atoms with Gasteiger partial charge in [0, 0.05) is 4.88 Å². The highest BCUT2D eigenvalue weighted by molar-refractivity contribution is 7.10. The lowest BCUT2D eigenvalue weighted by atomic mass is 10.0. The minimum Gasteiger partial charge on any atom is -0.495 e. The number of ether oxygens (including phenoxy) is 1. The molecule has 0 aliphatic carbocycles. The highest BCUT2D eigenvalue weighted by Crippen LogP contribution is 2.35. The van der Waals surface area contributed by atoms with Gasteiger partial charge in [-0.1, -0.05) is 36.2 Å². The summed E-state index contributed by atoms with van der Waals surface area (Å²) in [5.74, 6) is 0.682. The van der Waals surface area contributed by atoms with Gasteiger partial charge in [0.2, 0.25) is 0 Å². The highest BCUT2D eigenvalue weighted by atomic mass is 35.5. The molecule has 0 bridgehead atoms. The van der Waals surface area contributed by atoms with Crippen LogP contribution in [0.15, 0.2) is 29.6 Å². The standard InChI is InChI=1S/C15H17Cl2NOS/c1-3-7-18-14(15-11(16)6-8-20-15)10-4-5-13(19-2)12(17)9-10/h4-6,8-9,14,18H,3,7H2,1-2H3. The van der Waals surface area contributed by atoms with E-state index in [2.05, 4.69) is 12.2 Å². The molecule has 20 heavy (non-hydrogen) atoms. The van der Waals surface area contributed by atoms with Crippen molar-refractivity contribution in [2.45, 2.75) is 19.4 Å². The third kappa shape index (κ3) is 3.47. The van der Waals surface area contributed by atoms with Crippen LogP contribution in [0.25, 0.3) is 0 Å². The second-order valence-electron chi connectivity index (χ2n) is 4.41. The number of hydrogen-bond donors (Lipinski definition) is 1. The zero-order valence-corrected chi connectivity index (χ0v) is 13.8. The summed E-state index contributed by atoms with van der Waals surface area (Å²) in [6.45, 7) is 3.06. The fourth-order valence-electron chi connectivity index (χ4n) is 2.02. The van der Waals surface area contributed by atoms with Crippen molar-refractivity contribution in [3.8, 4) is 5.75 Å². The quantitative estimate of drug-likeness (QED) is 0.790. The molecule has 0 aliphatic rings. The van der Waals surface area contributed by atoms with Gasteiger partial charge in [-0.3, -0.25) is 0 Å². The van der Waals surface area contributed by atoms with Crippen molar-refractivity contribution in [3.63, 3.8) is 0 Å². The topological polar surface area (TPSA) is 21.3 Å². The summed E-state index contributed by atoms with van der Waals surface area (Å²) in [6, 6.07) is 7.83. The third-order valence-electron chi connectivity index (χ3n) is 3.01. The molecule has 108 valence electrons. The molecule has 1 heterocycles. The number of rotatable bonds is 6. The van der Waals surface area contributed by atoms with Gasteiger partial charge in [-0.2, -0.15) is 0 Å². The number of benzene rings is 1. The molecule has 5 heteroatoms. The van der Waals surface area contributed by atoms with Crippen molar-refractivity contribution >= 4 is 34.5 Å². The Morgan fingerprint density at radius 1 is 1.25 bits per heavy atom. The Morgan fingerprint density at radius 2 is 2.05 bits per heavy atom. The SMILES string of the molecule is CCCNC(c1ccc(OC)c(Cl)c1)c1sccc1Cl. The lowest BCUT2D eigenvalue weighted by Gasteiger charge is -2.19. The van der Waals surface area contributed by atoms with Gasteiger partial charge in [-0.15, -0.1) is 11.3 Å². The number of thiophene rings is 1. The van der Waals surface area contributed by atoms with Crippen molar-refractivity contribution in [1.82, 2.24) is 5.32 Å². The first-order valence-electron chi connectivity index (χ1n) is 6.47. The van der Waals surface area contributed by atoms with Crippen LogP contribution in [0.3, 0.4) is 0 Å². The van der Waals surface area contributed by atoms with E-state index in [-0.39, 0.29) is 6.04 Å². The molecular formula is C15H17Cl2NOS. The molecule has 0 fully saturated rings. The fourth-order valence-corrected chi connectivity index (χ4v) is 3.56. The predicted molar refractivity (Wildman–Crippen MR) is 87.5 cm³/mol. The summed E-state index contributed by atoms with van der Waals surface area (Å²) in [5.41, 5.74) is 1.09. The molecule has 0 aliphatic heterocycles. The van der Waals surface area contributed by atoms with E-state index < -0.39 is 0 Å². The lowest BCUT2D eigenvalue weighted by Crippen LogP contribution is -2.22. The maximum Gasteiger partial charge on any atom is 0.137 e. The van der Waals surface area contributed by atoms with Gasteiger partial charge in [0.25, 0.3) is 0 Å². The Morgan fingerprint density at radius 3 is 2.60 bits per heavy atom. The maximum absolute atomic E-state index is 6.27. The summed E-state index contributed by atoms with van der Waals surface area (Å²) in [4.78, 5) is 1.11. The third-order valence-corrected chi connectivity index (χ3v) is 4.73. The van der Waals surface area contributed by atoms with Crippen molar-refractivity contribution in [2.75, 3.05) is 13.7 Å². The molecule has 1 aromatic heterocycles. The second kappa shape index (κ2) is 7.32. The van der Waals surface area contributed by atoms with Gasteiger partial charge in [-0.05, 0) is 42.1 Å². The van der Waals surface area contributed by atoms with Crippen LogP contribution in [0, 0.1) is 0 Å². The number of halogens is 2. The Bertz CT molecular complexity index is 571. The van der Waals surface area contributed by atoms with E-state index in [1.165, 1.54) is 0 Å². The Hall–Kier alpha value is -0.740. The summed E-state index contributed by atoms with van der Waals surface area (Å²) in [7, 11) is 1.61. The summed E-state index contributed by atoms with van der Waals surface area (Å²) >= 11 is 14.2. The van der Waals surface area contributed by atoms with E-state index in [0.717, 1.165) is 28.4 Å². The number of methoxy groups -OCH3 is 1. The zero-order chi connectivity index (χ0) is 14.5. The van der Waals surface area contributed by atoms with E-state index >= 15 is 0 Å². The maximum atomic E-state index is 6.27. The summed E-state index contributed by atoms with van der Waals surface area (Å²) in [5, 5.41) is 6.92. The van der Waals surface area contributed by atoms with Crippen molar-refractivity contribution in [3.05, 3.63) is 50.1 Å². The second-order valence-corrected chi connectivity index (χ2v) is 6.18. The monoisotopic (exact) mass is 329 g/mol. The number of hydrogen-bond acceptors (Lipinski definition) is 3. The molecule has 2 rings (SSSR count). The van der Waals surface area contributed by atoms with Crippen LogP contribution in [-0.4, -0.2) is 13.7 Å². The molecule has 0 radical (unpaired) electrons. The van der Waals surface area contributed by atoms with Crippen LogP contribution < -0.4 is 10.1 Å². The molecule has 0 amide bonds. The average molecular weight is 330 g/mol. The Kier molecular flexibility index (Phi) is 5.73. The first kappa shape index (κ1) is 15.6. The molecule has 0 spiro atoms. The summed E-state index contributed by atoms with van der Waals surface area (Å²) in [6.07, 6.45) is 1.06. The van der Waals surface area contributed by atoms with Crippen LogP contribution >= 0.6 is 34.5 Å². The molecule has 1 N–H and O–H groups in total. The van der Waals surface area contributed by atoms with E-state index in [9.17, 15) is 0 Å². The first-order valence-corrected chi connectivity index (χ1v) is 8.10. The van der Waals surface area contributed by atoms with E-state index in [1.54, 1.807) is 18.4 Å². The zero-order valence-electron chi connectivity index (χ0n) is 11.5. The van der Waals surface area contributed by atoms with E-state index in [4.69, 9.17) is 27.9 Å². The highest BCUT2D eigenvalue weighted by Gasteiger charge is 2.18. The molecule has 0 saturated heterocycles. The van der Waals surface area contributed by atoms with E-state index in [0.29, 0.717) is 10.8 Å². The van der Waals surface area contributed by atoms with Gasteiger partial charge in [0.15, 0.2) is 0 Å². The lowest BCUT2D eigenvalue weighted by molar-refractivity contribution is 0.414. The minimum atomic E-state index is 0.0610.